The summed E-state index contributed by atoms with van der Waals surface area (Å²) in [4.78, 5) is 15.0. The summed E-state index contributed by atoms with van der Waals surface area (Å²) < 4.78 is 2.12. The number of nitrogens with one attached hydrogen (secondary N) is 1. The summed E-state index contributed by atoms with van der Waals surface area (Å²) in [6.45, 7) is 6.06. The molecule has 1 unspecified atom stereocenters. The molecule has 1 saturated heterocycles. The minimum atomic E-state index is -0.210. The van der Waals surface area contributed by atoms with Gasteiger partial charge in [-0.3, -0.25) is 9.36 Å². The van der Waals surface area contributed by atoms with Crippen LogP contribution in [-0.4, -0.2) is 45.1 Å². The van der Waals surface area contributed by atoms with Crippen molar-refractivity contribution in [3.05, 3.63) is 29.8 Å². The van der Waals surface area contributed by atoms with Gasteiger partial charge in [0, 0.05) is 19.1 Å². The number of piperidine rings is 1. The average molecular weight is 414 g/mol. The highest BCUT2D eigenvalue weighted by Gasteiger charge is 2.26. The number of carbonyl (C=O) groups is 1. The molecule has 1 amide bonds. The molecule has 2 heterocycles. The number of rotatable bonds is 6. The lowest BCUT2D eigenvalue weighted by Gasteiger charge is -2.28. The van der Waals surface area contributed by atoms with Gasteiger partial charge in [0.05, 0.1) is 10.9 Å². The molecule has 2 aromatic rings. The molecule has 2 aliphatic rings. The van der Waals surface area contributed by atoms with Gasteiger partial charge in [0.1, 0.15) is 0 Å². The Hall–Kier alpha value is -2.02. The summed E-state index contributed by atoms with van der Waals surface area (Å²) in [6, 6.07) is 8.78. The lowest BCUT2D eigenvalue weighted by Crippen LogP contribution is -2.37. The lowest BCUT2D eigenvalue weighted by molar-refractivity contribution is -0.120. The zero-order chi connectivity index (χ0) is 20.2. The van der Waals surface area contributed by atoms with Gasteiger partial charge in [-0.1, -0.05) is 42.3 Å². The quantitative estimate of drug-likeness (QED) is 0.722. The van der Waals surface area contributed by atoms with Crippen LogP contribution in [0.5, 0.6) is 0 Å². The monoisotopic (exact) mass is 413 g/mol. The third-order valence-electron chi connectivity index (χ3n) is 5.90. The first-order valence-corrected chi connectivity index (χ1v) is 11.7. The summed E-state index contributed by atoms with van der Waals surface area (Å²) in [6.07, 6.45) is 8.27. The molecule has 0 radical (unpaired) electrons. The Bertz CT molecular complexity index is 822. The predicted octanol–water partition coefficient (Wildman–Crippen LogP) is 4.11. The molecular formula is C22H31N5OS. The van der Waals surface area contributed by atoms with E-state index in [2.05, 4.69) is 56.2 Å². The summed E-state index contributed by atoms with van der Waals surface area (Å²) >= 11 is 1.50. The van der Waals surface area contributed by atoms with Crippen molar-refractivity contribution in [1.82, 2.24) is 20.1 Å². The normalized spacial score (nSPS) is 18.8. The number of carbonyl (C=O) groups excluding carboxylic acids is 1. The van der Waals surface area contributed by atoms with Crippen molar-refractivity contribution in [3.63, 3.8) is 0 Å². The number of amides is 1. The molecule has 7 heteroatoms. The van der Waals surface area contributed by atoms with Crippen molar-refractivity contribution in [2.45, 2.75) is 75.2 Å². The van der Waals surface area contributed by atoms with Crippen LogP contribution in [0, 0.1) is 6.92 Å². The molecule has 156 valence electrons. The number of benzene rings is 1. The van der Waals surface area contributed by atoms with Crippen LogP contribution in [0.1, 0.15) is 57.4 Å². The lowest BCUT2D eigenvalue weighted by atomic mass is 10.1. The number of anilines is 1. The fourth-order valence-electron chi connectivity index (χ4n) is 4.16. The summed E-state index contributed by atoms with van der Waals surface area (Å²) in [5.74, 6) is 0.985. The minimum absolute atomic E-state index is 0.0971. The van der Waals surface area contributed by atoms with Crippen LogP contribution in [-0.2, 0) is 4.79 Å². The van der Waals surface area contributed by atoms with Crippen LogP contribution in [0.2, 0.25) is 0 Å². The molecule has 1 aliphatic heterocycles. The Morgan fingerprint density at radius 1 is 1.07 bits per heavy atom. The van der Waals surface area contributed by atoms with Gasteiger partial charge in [-0.05, 0) is 58.1 Å². The molecular weight excluding hydrogens is 382 g/mol. The summed E-state index contributed by atoms with van der Waals surface area (Å²) in [5, 5.41) is 12.8. The maximum Gasteiger partial charge on any atom is 0.233 e. The first-order chi connectivity index (χ1) is 14.1. The highest BCUT2D eigenvalue weighted by Crippen LogP contribution is 2.31. The van der Waals surface area contributed by atoms with Crippen LogP contribution in [0.4, 0.5) is 5.95 Å². The highest BCUT2D eigenvalue weighted by molar-refractivity contribution is 8.00. The number of nitrogens with zero attached hydrogens (tertiary/aromatic N) is 4. The Kier molecular flexibility index (Phi) is 6.43. The Morgan fingerprint density at radius 2 is 1.76 bits per heavy atom. The van der Waals surface area contributed by atoms with E-state index in [1.165, 1.54) is 49.4 Å². The molecule has 6 nitrogen and oxygen atoms in total. The Balaban J connectivity index is 1.57. The van der Waals surface area contributed by atoms with Gasteiger partial charge in [0.15, 0.2) is 5.16 Å². The maximum atomic E-state index is 12.7. The van der Waals surface area contributed by atoms with Crippen LogP contribution in [0.3, 0.4) is 0 Å². The average Bonchev–Trinajstić information content (AvgIpc) is 3.39. The van der Waals surface area contributed by atoms with E-state index < -0.39 is 0 Å². The zero-order valence-electron chi connectivity index (χ0n) is 17.4. The van der Waals surface area contributed by atoms with Crippen molar-refractivity contribution in [1.29, 1.82) is 0 Å². The van der Waals surface area contributed by atoms with Crippen LogP contribution >= 0.6 is 11.8 Å². The van der Waals surface area contributed by atoms with Gasteiger partial charge in [-0.15, -0.1) is 10.2 Å². The van der Waals surface area contributed by atoms with Crippen LogP contribution in [0.15, 0.2) is 29.4 Å². The van der Waals surface area contributed by atoms with E-state index in [1.54, 1.807) is 0 Å². The summed E-state index contributed by atoms with van der Waals surface area (Å²) in [7, 11) is 0. The van der Waals surface area contributed by atoms with Gasteiger partial charge in [0.2, 0.25) is 11.9 Å². The number of thioether (sulfide) groups is 1. The van der Waals surface area contributed by atoms with E-state index in [9.17, 15) is 4.79 Å². The standard InChI is InChI=1S/C22H31N5OS/c1-16-10-12-19(13-11-16)27-21(26-14-6-3-7-15-26)24-25-22(27)29-17(2)20(28)23-18-8-4-5-9-18/h10-13,17-18H,3-9,14-15H2,1-2H3,(H,23,28). The molecule has 29 heavy (non-hydrogen) atoms. The molecule has 1 saturated carbocycles. The second-order valence-electron chi connectivity index (χ2n) is 8.25. The zero-order valence-corrected chi connectivity index (χ0v) is 18.2. The van der Waals surface area contributed by atoms with Gasteiger partial charge in [0.25, 0.3) is 0 Å². The van der Waals surface area contributed by atoms with Gasteiger partial charge >= 0.3 is 0 Å². The topological polar surface area (TPSA) is 63.1 Å². The molecule has 1 N–H and O–H groups in total. The van der Waals surface area contributed by atoms with Gasteiger partial charge in [-0.25, -0.2) is 0 Å². The molecule has 1 aliphatic carbocycles. The first kappa shape index (κ1) is 20.3. The SMILES string of the molecule is Cc1ccc(-n2c(SC(C)C(=O)NC3CCCC3)nnc2N2CCCCC2)cc1. The van der Waals surface area contributed by atoms with Crippen molar-refractivity contribution in [3.8, 4) is 5.69 Å². The van der Waals surface area contributed by atoms with Crippen molar-refractivity contribution in [2.75, 3.05) is 18.0 Å². The largest absolute Gasteiger partial charge is 0.352 e. The number of hydrogen-bond donors (Lipinski definition) is 1. The van der Waals surface area contributed by atoms with E-state index in [4.69, 9.17) is 0 Å². The van der Waals surface area contributed by atoms with E-state index in [1.807, 2.05) is 6.92 Å². The highest BCUT2D eigenvalue weighted by atomic mass is 32.2. The fourth-order valence-corrected chi connectivity index (χ4v) is 5.03. The van der Waals surface area contributed by atoms with Gasteiger partial charge in [-0.2, -0.15) is 0 Å². The third kappa shape index (κ3) is 4.77. The van der Waals surface area contributed by atoms with Crippen molar-refractivity contribution < 1.29 is 4.79 Å². The predicted molar refractivity (Wildman–Crippen MR) is 118 cm³/mol. The molecule has 1 aromatic heterocycles. The van der Waals surface area contributed by atoms with Crippen LogP contribution < -0.4 is 10.2 Å². The van der Waals surface area contributed by atoms with Crippen molar-refractivity contribution in [2.24, 2.45) is 0 Å². The minimum Gasteiger partial charge on any atom is -0.352 e. The van der Waals surface area contributed by atoms with E-state index in [0.717, 1.165) is 42.7 Å². The first-order valence-electron chi connectivity index (χ1n) is 10.9. The van der Waals surface area contributed by atoms with E-state index in [-0.39, 0.29) is 11.2 Å². The van der Waals surface area contributed by atoms with Gasteiger partial charge < -0.3 is 10.2 Å². The second-order valence-corrected chi connectivity index (χ2v) is 9.56. The molecule has 1 atom stereocenters. The number of aryl methyl sites for hydroxylation is 1. The smallest absolute Gasteiger partial charge is 0.233 e. The fraction of sp³-hybridized carbons (Fsp3) is 0.591. The molecule has 1 aromatic carbocycles. The van der Waals surface area contributed by atoms with Crippen molar-refractivity contribution >= 4 is 23.6 Å². The third-order valence-corrected chi connectivity index (χ3v) is 6.94. The molecule has 4 rings (SSSR count). The Morgan fingerprint density at radius 3 is 2.45 bits per heavy atom. The van der Waals surface area contributed by atoms with E-state index in [0.29, 0.717) is 6.04 Å². The van der Waals surface area contributed by atoms with Crippen LogP contribution in [0.25, 0.3) is 5.69 Å². The maximum absolute atomic E-state index is 12.7. The second kappa shape index (κ2) is 9.20. The number of aromatic nitrogens is 3. The molecule has 2 fully saturated rings. The number of hydrogen-bond acceptors (Lipinski definition) is 5. The summed E-state index contributed by atoms with van der Waals surface area (Å²) in [5.41, 5.74) is 2.27. The molecule has 0 spiro atoms. The Labute approximate surface area is 177 Å². The molecule has 0 bridgehead atoms. The van der Waals surface area contributed by atoms with E-state index >= 15 is 0 Å².